The van der Waals surface area contributed by atoms with E-state index in [1.807, 2.05) is 6.08 Å². The fraction of sp³-hybridized carbons (Fsp3) is 0.770. The molecule has 0 fully saturated rings. The molecule has 0 heterocycles. The summed E-state index contributed by atoms with van der Waals surface area (Å²) in [5.74, 6) is -0.488. The maximum Gasteiger partial charge on any atom is 0.306 e. The summed E-state index contributed by atoms with van der Waals surface area (Å²) in [6.07, 6.45) is 73.6. The van der Waals surface area contributed by atoms with Crippen molar-refractivity contribution < 1.29 is 23.8 Å². The smallest absolute Gasteiger partial charge is 0.306 e. The SMILES string of the molecule is CCCCC/C=C\C/C=C\C/C=C\C/C=C\C/C=C\CCC(=O)OC[C@@H](COCCCCCCCCCCCCCCCCCC)OC(=O)CCCCCCCCC/C=C\CCCCCC. The first-order valence-electron chi connectivity index (χ1n) is 28.5. The van der Waals surface area contributed by atoms with Crippen LogP contribution in [0.25, 0.3) is 0 Å². The summed E-state index contributed by atoms with van der Waals surface area (Å²) in [4.78, 5) is 25.5. The number of rotatable bonds is 52. The zero-order chi connectivity index (χ0) is 47.7. The molecule has 382 valence electrons. The van der Waals surface area contributed by atoms with Gasteiger partial charge in [0.25, 0.3) is 0 Å². The van der Waals surface area contributed by atoms with E-state index in [0.29, 0.717) is 25.9 Å². The number of unbranched alkanes of at least 4 members (excludes halogenated alkanes) is 29. The van der Waals surface area contributed by atoms with Crippen LogP contribution in [0, 0.1) is 0 Å². The molecule has 66 heavy (non-hydrogen) atoms. The summed E-state index contributed by atoms with van der Waals surface area (Å²) < 4.78 is 17.4. The van der Waals surface area contributed by atoms with Crippen LogP contribution in [0.3, 0.4) is 0 Å². The molecule has 0 saturated carbocycles. The van der Waals surface area contributed by atoms with Gasteiger partial charge in [-0.2, -0.15) is 0 Å². The highest BCUT2D eigenvalue weighted by atomic mass is 16.6. The van der Waals surface area contributed by atoms with Crippen LogP contribution in [0.1, 0.15) is 278 Å². The molecule has 0 amide bonds. The van der Waals surface area contributed by atoms with Gasteiger partial charge in [0.05, 0.1) is 6.61 Å². The average Bonchev–Trinajstić information content (AvgIpc) is 3.32. The second kappa shape index (κ2) is 56.7. The third kappa shape index (κ3) is 54.0. The van der Waals surface area contributed by atoms with Gasteiger partial charge in [-0.25, -0.2) is 0 Å². The van der Waals surface area contributed by atoms with E-state index >= 15 is 0 Å². The summed E-state index contributed by atoms with van der Waals surface area (Å²) in [7, 11) is 0. The Hall–Kier alpha value is -2.66. The van der Waals surface area contributed by atoms with Gasteiger partial charge in [0.2, 0.25) is 0 Å². The fourth-order valence-corrected chi connectivity index (χ4v) is 7.96. The maximum absolute atomic E-state index is 12.8. The Morgan fingerprint density at radius 2 is 0.667 bits per heavy atom. The molecule has 0 aromatic carbocycles. The van der Waals surface area contributed by atoms with Crippen molar-refractivity contribution in [1.29, 1.82) is 0 Å². The Kier molecular flexibility index (Phi) is 54.4. The Bertz CT molecular complexity index is 1180. The molecule has 0 radical (unpaired) electrons. The largest absolute Gasteiger partial charge is 0.462 e. The lowest BCUT2D eigenvalue weighted by Crippen LogP contribution is -2.30. The van der Waals surface area contributed by atoms with Crippen LogP contribution in [0.2, 0.25) is 0 Å². The van der Waals surface area contributed by atoms with Gasteiger partial charge in [-0.3, -0.25) is 9.59 Å². The highest BCUT2D eigenvalue weighted by Gasteiger charge is 2.17. The second-order valence-corrected chi connectivity index (χ2v) is 18.8. The first-order valence-corrected chi connectivity index (χ1v) is 28.5. The number of carbonyl (C=O) groups excluding carboxylic acids is 2. The molecule has 0 aliphatic carbocycles. The summed E-state index contributed by atoms with van der Waals surface area (Å²) >= 11 is 0. The minimum atomic E-state index is -0.569. The van der Waals surface area contributed by atoms with E-state index in [9.17, 15) is 9.59 Å². The molecule has 0 N–H and O–H groups in total. The van der Waals surface area contributed by atoms with Crippen LogP contribution in [-0.4, -0.2) is 37.9 Å². The van der Waals surface area contributed by atoms with E-state index in [1.165, 1.54) is 180 Å². The van der Waals surface area contributed by atoms with Crippen molar-refractivity contribution in [2.45, 2.75) is 284 Å². The van der Waals surface area contributed by atoms with Crippen LogP contribution in [0.15, 0.2) is 72.9 Å². The number of hydrogen-bond donors (Lipinski definition) is 0. The van der Waals surface area contributed by atoms with Crippen LogP contribution in [0.4, 0.5) is 0 Å². The zero-order valence-electron chi connectivity index (χ0n) is 44.0. The molecule has 0 unspecified atom stereocenters. The number of esters is 2. The number of hydrogen-bond acceptors (Lipinski definition) is 5. The van der Waals surface area contributed by atoms with Gasteiger partial charge >= 0.3 is 11.9 Å². The molecular formula is C61H108O5. The number of ether oxygens (including phenoxy) is 3. The van der Waals surface area contributed by atoms with Crippen molar-refractivity contribution in [3.05, 3.63) is 72.9 Å². The maximum atomic E-state index is 12.8. The van der Waals surface area contributed by atoms with Gasteiger partial charge < -0.3 is 14.2 Å². The average molecular weight is 922 g/mol. The first-order chi connectivity index (χ1) is 32.6. The van der Waals surface area contributed by atoms with Crippen molar-refractivity contribution in [2.75, 3.05) is 19.8 Å². The normalized spacial score (nSPS) is 12.7. The van der Waals surface area contributed by atoms with Crippen LogP contribution >= 0.6 is 0 Å². The summed E-state index contributed by atoms with van der Waals surface area (Å²) in [5.41, 5.74) is 0. The Morgan fingerprint density at radius 3 is 1.14 bits per heavy atom. The molecule has 0 aliphatic rings. The van der Waals surface area contributed by atoms with Gasteiger partial charge in [-0.15, -0.1) is 0 Å². The summed E-state index contributed by atoms with van der Waals surface area (Å²) in [6, 6.07) is 0. The van der Waals surface area contributed by atoms with E-state index < -0.39 is 6.10 Å². The van der Waals surface area contributed by atoms with Crippen LogP contribution < -0.4 is 0 Å². The summed E-state index contributed by atoms with van der Waals surface area (Å²) in [5, 5.41) is 0. The van der Waals surface area contributed by atoms with Gasteiger partial charge in [0.15, 0.2) is 6.10 Å². The van der Waals surface area contributed by atoms with Crippen LogP contribution in [-0.2, 0) is 23.8 Å². The van der Waals surface area contributed by atoms with Crippen molar-refractivity contribution in [3.8, 4) is 0 Å². The van der Waals surface area contributed by atoms with Crippen molar-refractivity contribution in [1.82, 2.24) is 0 Å². The lowest BCUT2D eigenvalue weighted by Gasteiger charge is -2.18. The minimum Gasteiger partial charge on any atom is -0.462 e. The number of carbonyl (C=O) groups is 2. The first kappa shape index (κ1) is 63.3. The fourth-order valence-electron chi connectivity index (χ4n) is 7.96. The highest BCUT2D eigenvalue weighted by Crippen LogP contribution is 2.15. The van der Waals surface area contributed by atoms with Gasteiger partial charge in [-0.05, 0) is 83.5 Å². The van der Waals surface area contributed by atoms with Crippen molar-refractivity contribution >= 4 is 11.9 Å². The van der Waals surface area contributed by atoms with Crippen molar-refractivity contribution in [2.24, 2.45) is 0 Å². The molecule has 0 aromatic rings. The lowest BCUT2D eigenvalue weighted by atomic mass is 10.0. The van der Waals surface area contributed by atoms with E-state index in [0.717, 1.165) is 57.8 Å². The molecule has 0 bridgehead atoms. The molecule has 0 aliphatic heterocycles. The minimum absolute atomic E-state index is 0.0452. The van der Waals surface area contributed by atoms with Gasteiger partial charge in [0, 0.05) is 19.4 Å². The van der Waals surface area contributed by atoms with E-state index in [1.54, 1.807) is 0 Å². The molecule has 5 heteroatoms. The lowest BCUT2D eigenvalue weighted by molar-refractivity contribution is -0.162. The van der Waals surface area contributed by atoms with E-state index in [4.69, 9.17) is 14.2 Å². The zero-order valence-corrected chi connectivity index (χ0v) is 44.0. The Morgan fingerprint density at radius 1 is 0.333 bits per heavy atom. The predicted octanol–water partition coefficient (Wildman–Crippen LogP) is 19.5. The third-order valence-corrected chi connectivity index (χ3v) is 12.2. The predicted molar refractivity (Wildman–Crippen MR) is 288 cm³/mol. The topological polar surface area (TPSA) is 61.8 Å². The molecule has 0 rings (SSSR count). The molecule has 5 nitrogen and oxygen atoms in total. The standard InChI is InChI=1S/C61H108O5/c1-4-7-10-13-16-19-22-25-28-30-31-32-34-36-39-42-45-48-51-54-60(62)65-58-59(57-64-56-53-50-47-44-41-38-35-29-26-23-20-17-14-11-8-5-2)66-61(63)55-52-49-46-43-40-37-33-27-24-21-18-15-12-9-6-3/h16,19,21,24-25,28,31-32,36,39,45,48,59H,4-15,17-18,20,22-23,26-27,29-30,33-35,37-38,40-44,46-47,49-58H2,1-3H3/b19-16-,24-21-,28-25-,32-31-,39-36-,48-45-/t59-/m1/s1. The van der Waals surface area contributed by atoms with Gasteiger partial charge in [0.1, 0.15) is 6.61 Å². The highest BCUT2D eigenvalue weighted by molar-refractivity contribution is 5.70. The van der Waals surface area contributed by atoms with E-state index in [2.05, 4.69) is 87.6 Å². The Labute approximate surface area is 410 Å². The van der Waals surface area contributed by atoms with E-state index in [-0.39, 0.29) is 25.2 Å². The summed E-state index contributed by atoms with van der Waals surface area (Å²) in [6.45, 7) is 7.74. The quantitative estimate of drug-likeness (QED) is 0.0346. The van der Waals surface area contributed by atoms with Gasteiger partial charge in [-0.1, -0.05) is 254 Å². The Balaban J connectivity index is 4.37. The molecule has 0 saturated heterocycles. The third-order valence-electron chi connectivity index (χ3n) is 12.2. The molecular weight excluding hydrogens is 813 g/mol. The second-order valence-electron chi connectivity index (χ2n) is 18.8. The molecule has 1 atom stereocenters. The monoisotopic (exact) mass is 921 g/mol. The molecule has 0 aromatic heterocycles. The molecule has 0 spiro atoms. The van der Waals surface area contributed by atoms with Crippen molar-refractivity contribution in [3.63, 3.8) is 0 Å². The number of allylic oxidation sites excluding steroid dienone is 12. The van der Waals surface area contributed by atoms with Crippen LogP contribution in [0.5, 0.6) is 0 Å².